The number of hydrogen-bond donors (Lipinski definition) is 1. The van der Waals surface area contributed by atoms with Crippen LogP contribution in [0, 0.1) is 0 Å². The normalized spacial score (nSPS) is 12.5. The largest absolute Gasteiger partial charge is 0.435 e. The van der Waals surface area contributed by atoms with Crippen molar-refractivity contribution in [2.45, 2.75) is 17.6 Å². The fraction of sp³-hybridized carbons (Fsp3) is 0.273. The zero-order valence-corrected chi connectivity index (χ0v) is 11.4. The maximum Gasteiger partial charge on any atom is 0.435 e. The Bertz CT molecular complexity index is 698. The molecule has 0 saturated carbocycles. The SMILES string of the molecule is O=S(=O)(NCCn1ccc(C(F)(F)F)n1)c1cccnc1. The molecule has 0 unspecified atom stereocenters. The van der Waals surface area contributed by atoms with Crippen LogP contribution in [0.15, 0.2) is 41.7 Å². The highest BCUT2D eigenvalue weighted by Gasteiger charge is 2.33. The molecule has 6 nitrogen and oxygen atoms in total. The maximum absolute atomic E-state index is 12.3. The standard InChI is InChI=1S/C11H11F3N4O2S/c12-11(13,14)10-3-6-18(17-10)7-5-16-21(19,20)9-2-1-4-15-8-9/h1-4,6,8,16H,5,7H2. The Morgan fingerprint density at radius 2 is 2.05 bits per heavy atom. The first kappa shape index (κ1) is 15.4. The van der Waals surface area contributed by atoms with E-state index in [0.717, 1.165) is 16.9 Å². The second-order valence-corrected chi connectivity index (χ2v) is 5.82. The van der Waals surface area contributed by atoms with E-state index in [2.05, 4.69) is 14.8 Å². The van der Waals surface area contributed by atoms with Crippen LogP contribution < -0.4 is 4.72 Å². The zero-order valence-electron chi connectivity index (χ0n) is 10.6. The van der Waals surface area contributed by atoms with E-state index in [9.17, 15) is 21.6 Å². The van der Waals surface area contributed by atoms with Crippen molar-refractivity contribution in [1.29, 1.82) is 0 Å². The number of nitrogens with one attached hydrogen (secondary N) is 1. The van der Waals surface area contributed by atoms with Crippen molar-refractivity contribution in [2.75, 3.05) is 6.54 Å². The third kappa shape index (κ3) is 4.02. The summed E-state index contributed by atoms with van der Waals surface area (Å²) in [7, 11) is -3.73. The fourth-order valence-corrected chi connectivity index (χ4v) is 2.51. The minimum absolute atomic E-state index is 0.0126. The Morgan fingerprint density at radius 1 is 1.29 bits per heavy atom. The summed E-state index contributed by atoms with van der Waals surface area (Å²) in [6.45, 7) is -0.105. The lowest BCUT2D eigenvalue weighted by atomic mass is 10.4. The molecular formula is C11H11F3N4O2S. The summed E-state index contributed by atoms with van der Waals surface area (Å²) in [6, 6.07) is 3.66. The Labute approximate surface area is 118 Å². The molecule has 2 aromatic heterocycles. The minimum atomic E-state index is -4.51. The first-order valence-corrected chi connectivity index (χ1v) is 7.28. The van der Waals surface area contributed by atoms with Crippen molar-refractivity contribution < 1.29 is 21.6 Å². The molecule has 0 spiro atoms. The average Bonchev–Trinajstić information content (AvgIpc) is 2.88. The molecule has 2 aromatic rings. The number of rotatable bonds is 5. The summed E-state index contributed by atoms with van der Waals surface area (Å²) in [6.07, 6.45) is -0.763. The van der Waals surface area contributed by atoms with Crippen molar-refractivity contribution in [3.8, 4) is 0 Å². The molecule has 10 heteroatoms. The maximum atomic E-state index is 12.3. The molecule has 2 rings (SSSR count). The van der Waals surface area contributed by atoms with Crippen molar-refractivity contribution in [2.24, 2.45) is 0 Å². The highest BCUT2D eigenvalue weighted by Crippen LogP contribution is 2.27. The lowest BCUT2D eigenvalue weighted by Crippen LogP contribution is -2.27. The number of sulfonamides is 1. The Balaban J connectivity index is 1.94. The van der Waals surface area contributed by atoms with Gasteiger partial charge in [-0.1, -0.05) is 0 Å². The average molecular weight is 320 g/mol. The molecule has 0 amide bonds. The van der Waals surface area contributed by atoms with Crippen LogP contribution in [0.25, 0.3) is 0 Å². The van der Waals surface area contributed by atoms with E-state index in [1.807, 2.05) is 0 Å². The molecule has 21 heavy (non-hydrogen) atoms. The van der Waals surface area contributed by atoms with Crippen molar-refractivity contribution in [3.05, 3.63) is 42.5 Å². The van der Waals surface area contributed by atoms with Crippen molar-refractivity contribution in [1.82, 2.24) is 19.5 Å². The van der Waals surface area contributed by atoms with Crippen LogP contribution in [0.1, 0.15) is 5.69 Å². The van der Waals surface area contributed by atoms with E-state index in [1.54, 1.807) is 0 Å². The molecule has 114 valence electrons. The quantitative estimate of drug-likeness (QED) is 0.900. The molecule has 0 aliphatic rings. The number of aromatic nitrogens is 3. The summed E-state index contributed by atoms with van der Waals surface area (Å²) < 4.78 is 64.0. The van der Waals surface area contributed by atoms with E-state index in [1.165, 1.54) is 24.5 Å². The van der Waals surface area contributed by atoms with Gasteiger partial charge in [0.2, 0.25) is 10.0 Å². The van der Waals surface area contributed by atoms with E-state index in [-0.39, 0.29) is 18.0 Å². The molecule has 0 aromatic carbocycles. The molecular weight excluding hydrogens is 309 g/mol. The first-order valence-electron chi connectivity index (χ1n) is 5.79. The predicted molar refractivity (Wildman–Crippen MR) is 66.7 cm³/mol. The summed E-state index contributed by atoms with van der Waals surface area (Å²) >= 11 is 0. The van der Waals surface area contributed by atoms with Gasteiger partial charge >= 0.3 is 6.18 Å². The van der Waals surface area contributed by atoms with Gasteiger partial charge in [-0.25, -0.2) is 13.1 Å². The number of pyridine rings is 1. The van der Waals surface area contributed by atoms with Gasteiger partial charge in [-0.05, 0) is 18.2 Å². The number of alkyl halides is 3. The van der Waals surface area contributed by atoms with Gasteiger partial charge in [0.25, 0.3) is 0 Å². The van der Waals surface area contributed by atoms with Crippen LogP contribution in [0.3, 0.4) is 0 Å². The van der Waals surface area contributed by atoms with E-state index >= 15 is 0 Å². The molecule has 0 atom stereocenters. The minimum Gasteiger partial charge on any atom is -0.271 e. The highest BCUT2D eigenvalue weighted by molar-refractivity contribution is 7.89. The van der Waals surface area contributed by atoms with Gasteiger partial charge in [0.05, 0.1) is 6.54 Å². The van der Waals surface area contributed by atoms with Crippen LogP contribution in [0.2, 0.25) is 0 Å². The third-order valence-corrected chi connectivity index (χ3v) is 3.96. The lowest BCUT2D eigenvalue weighted by Gasteiger charge is -2.06. The number of hydrogen-bond acceptors (Lipinski definition) is 4. The van der Waals surface area contributed by atoms with Gasteiger partial charge in [-0.3, -0.25) is 9.67 Å². The number of halogens is 3. The van der Waals surface area contributed by atoms with Crippen molar-refractivity contribution >= 4 is 10.0 Å². The van der Waals surface area contributed by atoms with Gasteiger partial charge in [0.15, 0.2) is 5.69 Å². The van der Waals surface area contributed by atoms with E-state index in [4.69, 9.17) is 0 Å². The van der Waals surface area contributed by atoms with Crippen LogP contribution >= 0.6 is 0 Å². The van der Waals surface area contributed by atoms with E-state index < -0.39 is 21.9 Å². The molecule has 0 radical (unpaired) electrons. The van der Waals surface area contributed by atoms with E-state index in [0.29, 0.717) is 0 Å². The zero-order chi connectivity index (χ0) is 15.5. The van der Waals surface area contributed by atoms with Gasteiger partial charge < -0.3 is 0 Å². The Hall–Kier alpha value is -1.94. The smallest absolute Gasteiger partial charge is 0.271 e. The third-order valence-electron chi connectivity index (χ3n) is 2.51. The molecule has 0 bridgehead atoms. The Morgan fingerprint density at radius 3 is 2.62 bits per heavy atom. The van der Waals surface area contributed by atoms with Gasteiger partial charge in [0, 0.05) is 25.1 Å². The fourth-order valence-electron chi connectivity index (χ4n) is 1.52. The van der Waals surface area contributed by atoms with Crippen molar-refractivity contribution in [3.63, 3.8) is 0 Å². The Kier molecular flexibility index (Phi) is 4.28. The van der Waals surface area contributed by atoms with Crippen LogP contribution in [0.5, 0.6) is 0 Å². The first-order chi connectivity index (χ1) is 9.79. The number of nitrogens with zero attached hydrogens (tertiary/aromatic N) is 3. The van der Waals surface area contributed by atoms with Crippen LogP contribution in [-0.4, -0.2) is 29.7 Å². The summed E-state index contributed by atoms with van der Waals surface area (Å²) in [5.74, 6) is 0. The highest BCUT2D eigenvalue weighted by atomic mass is 32.2. The monoisotopic (exact) mass is 320 g/mol. The lowest BCUT2D eigenvalue weighted by molar-refractivity contribution is -0.141. The molecule has 2 heterocycles. The molecule has 0 aliphatic heterocycles. The van der Waals surface area contributed by atoms with Crippen LogP contribution in [0.4, 0.5) is 13.2 Å². The second kappa shape index (κ2) is 5.82. The predicted octanol–water partition coefficient (Wildman–Crippen LogP) is 1.28. The summed E-state index contributed by atoms with van der Waals surface area (Å²) in [4.78, 5) is 3.67. The van der Waals surface area contributed by atoms with Crippen LogP contribution in [-0.2, 0) is 22.7 Å². The molecule has 0 saturated heterocycles. The molecule has 1 N–H and O–H groups in total. The second-order valence-electron chi connectivity index (χ2n) is 4.05. The molecule has 0 fully saturated rings. The topological polar surface area (TPSA) is 76.9 Å². The van der Waals surface area contributed by atoms with Gasteiger partial charge in [0.1, 0.15) is 4.90 Å². The summed E-state index contributed by atoms with van der Waals surface area (Å²) in [5, 5.41) is 3.32. The molecule has 0 aliphatic carbocycles. The van der Waals surface area contributed by atoms with Gasteiger partial charge in [-0.2, -0.15) is 18.3 Å². The van der Waals surface area contributed by atoms with Gasteiger partial charge in [-0.15, -0.1) is 0 Å². The summed E-state index contributed by atoms with van der Waals surface area (Å²) in [5.41, 5.74) is -1.02.